The number of aliphatic carboxylic acids is 1. The fourth-order valence-corrected chi connectivity index (χ4v) is 1.41. The van der Waals surface area contributed by atoms with E-state index in [4.69, 9.17) is 0 Å². The van der Waals surface area contributed by atoms with E-state index in [-0.39, 0.29) is 6.54 Å². The molecule has 0 spiro atoms. The van der Waals surface area contributed by atoms with Crippen LogP contribution in [-0.4, -0.2) is 37.7 Å². The van der Waals surface area contributed by atoms with Gasteiger partial charge in [0.15, 0.2) is 0 Å². The summed E-state index contributed by atoms with van der Waals surface area (Å²) in [6, 6.07) is -1.68. The lowest BCUT2D eigenvalue weighted by molar-refractivity contribution is -0.318. The minimum Gasteiger partial charge on any atom is -0.549 e. The highest BCUT2D eigenvalue weighted by atomic mass is 16.7. The molecule has 0 aliphatic heterocycles. The van der Waals surface area contributed by atoms with Gasteiger partial charge >= 0.3 is 18.2 Å². The van der Waals surface area contributed by atoms with Crippen molar-refractivity contribution >= 4 is 24.1 Å². The fourth-order valence-electron chi connectivity index (χ4n) is 1.41. The van der Waals surface area contributed by atoms with Crippen LogP contribution in [0.1, 0.15) is 26.7 Å². The number of carboxylic acids is 1. The monoisotopic (exact) mass is 318 g/mol. The molecule has 0 aromatic heterocycles. The number of carbonyl (C=O) groups is 4. The number of hydrogen-bond donors (Lipinski definition) is 5. The Hall–Kier alpha value is -2.72. The Kier molecular flexibility index (Phi) is 8.11. The van der Waals surface area contributed by atoms with E-state index in [2.05, 4.69) is 15.5 Å². The Morgan fingerprint density at radius 3 is 2.23 bits per heavy atom. The van der Waals surface area contributed by atoms with Crippen LogP contribution in [0, 0.1) is 5.41 Å². The molecular formula is C11H20N5O6-. The zero-order valence-electron chi connectivity index (χ0n) is 12.6. The van der Waals surface area contributed by atoms with Gasteiger partial charge in [0.05, 0.1) is 0 Å². The zero-order valence-corrected chi connectivity index (χ0v) is 12.6. The van der Waals surface area contributed by atoms with Gasteiger partial charge < -0.3 is 25.4 Å². The SMILES string of the molecule is CCCC(C)(CNC(=O)ONC(=O)NNC(=O)NC)C(=O)[O-]. The van der Waals surface area contributed by atoms with Crippen LogP contribution < -0.4 is 32.1 Å². The molecule has 0 aliphatic carbocycles. The van der Waals surface area contributed by atoms with Crippen molar-refractivity contribution in [2.24, 2.45) is 5.41 Å². The second kappa shape index (κ2) is 9.26. The number of carbonyl (C=O) groups excluding carboxylic acids is 4. The molecule has 0 aromatic rings. The van der Waals surface area contributed by atoms with Crippen LogP contribution in [0.15, 0.2) is 0 Å². The van der Waals surface area contributed by atoms with Crippen LogP contribution in [0.4, 0.5) is 14.4 Å². The standard InChI is InChI=1S/C11H21N5O6/c1-4-5-11(2,7(17)18)6-13-10(21)22-16-9(20)15-14-8(19)12-3/h4-6H2,1-3H3,(H,13,21)(H,17,18)(H2,12,14,19)(H2,15,16,20)/p-1. The van der Waals surface area contributed by atoms with E-state index in [1.165, 1.54) is 14.0 Å². The lowest BCUT2D eigenvalue weighted by Gasteiger charge is -2.30. The largest absolute Gasteiger partial charge is 0.549 e. The van der Waals surface area contributed by atoms with Gasteiger partial charge in [-0.25, -0.2) is 25.2 Å². The summed E-state index contributed by atoms with van der Waals surface area (Å²) < 4.78 is 0. The lowest BCUT2D eigenvalue weighted by Crippen LogP contribution is -2.51. The molecule has 126 valence electrons. The number of amides is 5. The van der Waals surface area contributed by atoms with E-state index in [1.807, 2.05) is 10.9 Å². The summed E-state index contributed by atoms with van der Waals surface area (Å²) in [6.45, 7) is 3.01. The van der Waals surface area contributed by atoms with Crippen molar-refractivity contribution in [1.29, 1.82) is 0 Å². The molecule has 0 bridgehead atoms. The molecule has 0 heterocycles. The quantitative estimate of drug-likeness (QED) is 0.381. The van der Waals surface area contributed by atoms with Gasteiger partial charge in [0.2, 0.25) is 0 Å². The Morgan fingerprint density at radius 1 is 1.14 bits per heavy atom. The minimum absolute atomic E-state index is 0.220. The van der Waals surface area contributed by atoms with Crippen molar-refractivity contribution in [2.45, 2.75) is 26.7 Å². The van der Waals surface area contributed by atoms with Gasteiger partial charge in [-0.1, -0.05) is 20.3 Å². The zero-order chi connectivity index (χ0) is 17.2. The maximum atomic E-state index is 11.3. The van der Waals surface area contributed by atoms with Gasteiger partial charge in [-0.15, -0.1) is 0 Å². The summed E-state index contributed by atoms with van der Waals surface area (Å²) in [5, 5.41) is 15.4. The lowest BCUT2D eigenvalue weighted by atomic mass is 9.86. The maximum absolute atomic E-state index is 11.3. The van der Waals surface area contributed by atoms with E-state index in [1.54, 1.807) is 12.4 Å². The smallest absolute Gasteiger partial charge is 0.431 e. The summed E-state index contributed by atoms with van der Waals surface area (Å²) in [7, 11) is 1.34. The van der Waals surface area contributed by atoms with Crippen molar-refractivity contribution in [2.75, 3.05) is 13.6 Å². The van der Waals surface area contributed by atoms with E-state index in [0.29, 0.717) is 12.8 Å². The second-order valence-corrected chi connectivity index (χ2v) is 4.60. The molecule has 11 heteroatoms. The van der Waals surface area contributed by atoms with Crippen molar-refractivity contribution in [3.05, 3.63) is 0 Å². The molecule has 1 atom stereocenters. The highest BCUT2D eigenvalue weighted by molar-refractivity contribution is 5.80. The predicted molar refractivity (Wildman–Crippen MR) is 71.8 cm³/mol. The summed E-state index contributed by atoms with van der Waals surface area (Å²) >= 11 is 0. The molecule has 0 saturated heterocycles. The highest BCUT2D eigenvalue weighted by Gasteiger charge is 2.26. The maximum Gasteiger partial charge on any atom is 0.431 e. The Balaban J connectivity index is 4.11. The minimum atomic E-state index is -1.30. The van der Waals surface area contributed by atoms with Gasteiger partial charge in [0.1, 0.15) is 0 Å². The first-order valence-corrected chi connectivity index (χ1v) is 6.45. The van der Waals surface area contributed by atoms with Crippen LogP contribution in [0.5, 0.6) is 0 Å². The van der Waals surface area contributed by atoms with Gasteiger partial charge in [-0.2, -0.15) is 5.48 Å². The number of urea groups is 2. The van der Waals surface area contributed by atoms with E-state index in [9.17, 15) is 24.3 Å². The molecule has 0 radical (unpaired) electrons. The van der Waals surface area contributed by atoms with Crippen molar-refractivity contribution in [1.82, 2.24) is 27.0 Å². The second-order valence-electron chi connectivity index (χ2n) is 4.60. The highest BCUT2D eigenvalue weighted by Crippen LogP contribution is 2.21. The molecule has 1 unspecified atom stereocenters. The van der Waals surface area contributed by atoms with Crippen molar-refractivity contribution in [3.8, 4) is 0 Å². The topological polar surface area (TPSA) is 161 Å². The van der Waals surface area contributed by atoms with Crippen LogP contribution in [0.2, 0.25) is 0 Å². The molecule has 0 rings (SSSR count). The molecule has 0 fully saturated rings. The first-order chi connectivity index (χ1) is 10.2. The predicted octanol–water partition coefficient (Wildman–Crippen LogP) is -1.67. The number of carboxylic acid groups (broad SMARTS) is 1. The first kappa shape index (κ1) is 19.3. The number of hydrazine groups is 1. The summed E-state index contributed by atoms with van der Waals surface area (Å²) in [5.74, 6) is -1.30. The van der Waals surface area contributed by atoms with Crippen LogP contribution >= 0.6 is 0 Å². The van der Waals surface area contributed by atoms with Crippen LogP contribution in [0.3, 0.4) is 0 Å². The summed E-state index contributed by atoms with van der Waals surface area (Å²) in [5.41, 5.74) is 4.26. The van der Waals surface area contributed by atoms with Gasteiger partial charge in [-0.05, 0) is 6.42 Å². The normalized spacial score (nSPS) is 12.3. The van der Waals surface area contributed by atoms with Gasteiger partial charge in [0.25, 0.3) is 0 Å². The average molecular weight is 318 g/mol. The first-order valence-electron chi connectivity index (χ1n) is 6.45. The number of hydroxylamine groups is 1. The summed E-state index contributed by atoms with van der Waals surface area (Å²) in [4.78, 5) is 48.5. The third-order valence-electron chi connectivity index (χ3n) is 2.67. The Morgan fingerprint density at radius 2 is 1.73 bits per heavy atom. The third-order valence-corrected chi connectivity index (χ3v) is 2.67. The fraction of sp³-hybridized carbons (Fsp3) is 0.636. The Labute approximate surface area is 127 Å². The van der Waals surface area contributed by atoms with E-state index < -0.39 is 29.5 Å². The number of nitrogens with one attached hydrogen (secondary N) is 5. The van der Waals surface area contributed by atoms with Crippen molar-refractivity contribution < 1.29 is 29.1 Å². The Bertz CT molecular complexity index is 429. The summed E-state index contributed by atoms with van der Waals surface area (Å²) in [6.07, 6.45) is -0.161. The molecule has 0 aliphatic rings. The average Bonchev–Trinajstić information content (AvgIpc) is 2.48. The third kappa shape index (κ3) is 7.17. The van der Waals surface area contributed by atoms with Gasteiger partial charge in [-0.3, -0.25) is 0 Å². The number of rotatable bonds is 5. The molecule has 0 saturated carbocycles. The molecule has 22 heavy (non-hydrogen) atoms. The molecule has 11 nitrogen and oxygen atoms in total. The van der Waals surface area contributed by atoms with E-state index in [0.717, 1.165) is 0 Å². The van der Waals surface area contributed by atoms with Crippen LogP contribution in [-0.2, 0) is 9.63 Å². The molecule has 5 amide bonds. The van der Waals surface area contributed by atoms with Crippen molar-refractivity contribution in [3.63, 3.8) is 0 Å². The number of hydrogen-bond acceptors (Lipinski definition) is 6. The van der Waals surface area contributed by atoms with E-state index >= 15 is 0 Å². The molecular weight excluding hydrogens is 298 g/mol. The van der Waals surface area contributed by atoms with Gasteiger partial charge in [0, 0.05) is 25.0 Å². The molecule has 0 aromatic carbocycles. The van der Waals surface area contributed by atoms with Crippen LogP contribution in [0.25, 0.3) is 0 Å². The molecule has 5 N–H and O–H groups in total.